The van der Waals surface area contributed by atoms with Crippen LogP contribution in [-0.4, -0.2) is 47.7 Å². The van der Waals surface area contributed by atoms with E-state index >= 15 is 0 Å². The molecule has 39 heavy (non-hydrogen) atoms. The molecule has 2 aromatic carbocycles. The van der Waals surface area contributed by atoms with E-state index < -0.39 is 18.3 Å². The number of ether oxygens (including phenoxy) is 1. The Balaban J connectivity index is 1.41. The smallest absolute Gasteiger partial charge is 0.229 e. The molecule has 10 heteroatoms. The maximum absolute atomic E-state index is 11.9. The second kappa shape index (κ2) is 13.2. The highest BCUT2D eigenvalue weighted by atomic mass is 79.9. The van der Waals surface area contributed by atoms with Crippen LogP contribution in [0.3, 0.4) is 0 Å². The van der Waals surface area contributed by atoms with Crippen molar-refractivity contribution in [1.82, 2.24) is 10.3 Å². The van der Waals surface area contributed by atoms with Crippen molar-refractivity contribution >= 4 is 50.9 Å². The van der Waals surface area contributed by atoms with Gasteiger partial charge < -0.3 is 19.5 Å². The number of aryl methyl sites for hydroxylation is 2. The summed E-state index contributed by atoms with van der Waals surface area (Å²) in [5, 5.41) is 4.85. The molecule has 0 fully saturated rings. The molecule has 0 amide bonds. The SMILES string of the molecule is CC[Si](CC)(CC)O[C@@H](CNCCOc1ccc2c3c([nH]c2c1)CCCC3)c1ccc(Br)c(NS(C)(=O)=O)c1. The zero-order chi connectivity index (χ0) is 28.0. The molecule has 3 N–H and O–H groups in total. The van der Waals surface area contributed by atoms with Gasteiger partial charge in [0.1, 0.15) is 12.4 Å². The summed E-state index contributed by atoms with van der Waals surface area (Å²) in [6, 6.07) is 15.2. The summed E-state index contributed by atoms with van der Waals surface area (Å²) in [7, 11) is -5.32. The fourth-order valence-electron chi connectivity index (χ4n) is 5.51. The molecule has 1 heterocycles. The van der Waals surface area contributed by atoms with E-state index in [4.69, 9.17) is 9.16 Å². The van der Waals surface area contributed by atoms with E-state index in [0.717, 1.165) is 54.1 Å². The van der Waals surface area contributed by atoms with Gasteiger partial charge in [0.2, 0.25) is 10.0 Å². The molecule has 1 atom stereocenters. The lowest BCUT2D eigenvalue weighted by molar-refractivity contribution is 0.183. The predicted octanol–water partition coefficient (Wildman–Crippen LogP) is 6.91. The van der Waals surface area contributed by atoms with Gasteiger partial charge in [0.25, 0.3) is 0 Å². The zero-order valence-electron chi connectivity index (χ0n) is 23.5. The van der Waals surface area contributed by atoms with E-state index in [1.54, 1.807) is 0 Å². The number of nitrogens with one attached hydrogen (secondary N) is 3. The molecule has 0 radical (unpaired) electrons. The van der Waals surface area contributed by atoms with Crippen LogP contribution in [0.1, 0.15) is 56.5 Å². The summed E-state index contributed by atoms with van der Waals surface area (Å²) in [6.07, 6.45) is 5.79. The lowest BCUT2D eigenvalue weighted by atomic mass is 9.96. The Morgan fingerprint density at radius 1 is 1.05 bits per heavy atom. The summed E-state index contributed by atoms with van der Waals surface area (Å²) in [5.74, 6) is 0.870. The first kappa shape index (κ1) is 30.1. The molecule has 1 aromatic heterocycles. The van der Waals surface area contributed by atoms with Gasteiger partial charge in [-0.1, -0.05) is 26.8 Å². The number of anilines is 1. The normalized spacial score (nSPS) is 14.8. The number of benzene rings is 2. The van der Waals surface area contributed by atoms with Crippen molar-refractivity contribution in [3.8, 4) is 5.75 Å². The first-order valence-electron chi connectivity index (χ1n) is 14.1. The van der Waals surface area contributed by atoms with Gasteiger partial charge in [-0.2, -0.15) is 0 Å². The molecule has 0 saturated carbocycles. The van der Waals surface area contributed by atoms with Crippen molar-refractivity contribution in [3.63, 3.8) is 0 Å². The lowest BCUT2D eigenvalue weighted by Crippen LogP contribution is -2.40. The van der Waals surface area contributed by atoms with Crippen molar-refractivity contribution in [2.24, 2.45) is 0 Å². The summed E-state index contributed by atoms with van der Waals surface area (Å²) in [5.41, 5.74) is 5.49. The average molecular weight is 637 g/mol. The Kier molecular flexibility index (Phi) is 10.2. The van der Waals surface area contributed by atoms with Crippen LogP contribution in [-0.2, 0) is 27.3 Å². The van der Waals surface area contributed by atoms with Gasteiger partial charge in [-0.3, -0.25) is 4.72 Å². The van der Waals surface area contributed by atoms with Crippen LogP contribution in [0.4, 0.5) is 5.69 Å². The highest BCUT2D eigenvalue weighted by Crippen LogP contribution is 2.34. The molecule has 4 rings (SSSR count). The van der Waals surface area contributed by atoms with E-state index in [2.05, 4.69) is 69.9 Å². The molecule has 3 aromatic rings. The number of halogens is 1. The molecule has 214 valence electrons. The minimum atomic E-state index is -3.40. The maximum atomic E-state index is 11.9. The maximum Gasteiger partial charge on any atom is 0.229 e. The Bertz CT molecular complexity index is 1370. The third kappa shape index (κ3) is 7.67. The predicted molar refractivity (Wildman–Crippen MR) is 167 cm³/mol. The number of fused-ring (bicyclic) bond motifs is 3. The van der Waals surface area contributed by atoms with E-state index in [0.29, 0.717) is 29.9 Å². The van der Waals surface area contributed by atoms with E-state index in [1.165, 1.54) is 29.5 Å². The molecule has 0 bridgehead atoms. The van der Waals surface area contributed by atoms with E-state index in [9.17, 15) is 8.42 Å². The van der Waals surface area contributed by atoms with Gasteiger partial charge in [-0.15, -0.1) is 0 Å². The number of hydrogen-bond donors (Lipinski definition) is 3. The van der Waals surface area contributed by atoms with Crippen LogP contribution in [0, 0.1) is 0 Å². The standard InChI is InChI=1S/C29H42BrN3O4SSi/c1-5-39(6-2,7-3)37-29(21-12-15-25(30)28(18-21)33-38(4,34)35)20-31-16-17-36-22-13-14-24-23-10-8-9-11-26(23)32-27(24)19-22/h12-15,18-19,29,31-33H,5-11,16-17,20H2,1-4H3/t29-/m0/s1. The second-order valence-electron chi connectivity index (χ2n) is 10.5. The van der Waals surface area contributed by atoms with Crippen molar-refractivity contribution < 1.29 is 17.6 Å². The minimum Gasteiger partial charge on any atom is -0.492 e. The quantitative estimate of drug-likeness (QED) is 0.132. The zero-order valence-corrected chi connectivity index (χ0v) is 26.9. The van der Waals surface area contributed by atoms with Gasteiger partial charge in [0, 0.05) is 40.2 Å². The number of sulfonamides is 1. The number of rotatable bonds is 14. The first-order valence-corrected chi connectivity index (χ1v) is 19.3. The van der Waals surface area contributed by atoms with Crippen LogP contribution in [0.25, 0.3) is 10.9 Å². The lowest BCUT2D eigenvalue weighted by Gasteiger charge is -2.34. The molecule has 0 saturated heterocycles. The van der Waals surface area contributed by atoms with Crippen LogP contribution < -0.4 is 14.8 Å². The van der Waals surface area contributed by atoms with Gasteiger partial charge in [0.15, 0.2) is 8.32 Å². The number of aromatic nitrogens is 1. The van der Waals surface area contributed by atoms with Crippen LogP contribution in [0.2, 0.25) is 18.1 Å². The fraction of sp³-hybridized carbons (Fsp3) is 0.517. The molecule has 0 spiro atoms. The number of hydrogen-bond acceptors (Lipinski definition) is 5. The topological polar surface area (TPSA) is 92.4 Å². The minimum absolute atomic E-state index is 0.189. The molecule has 1 aliphatic carbocycles. The van der Waals surface area contributed by atoms with Crippen LogP contribution >= 0.6 is 15.9 Å². The Morgan fingerprint density at radius 2 is 1.79 bits per heavy atom. The number of aromatic amines is 1. The summed E-state index contributed by atoms with van der Waals surface area (Å²) in [4.78, 5) is 3.60. The highest BCUT2D eigenvalue weighted by Gasteiger charge is 2.32. The monoisotopic (exact) mass is 635 g/mol. The van der Waals surface area contributed by atoms with E-state index in [-0.39, 0.29) is 6.10 Å². The number of H-pyrrole nitrogens is 1. The van der Waals surface area contributed by atoms with Crippen molar-refractivity contribution in [3.05, 3.63) is 57.7 Å². The Morgan fingerprint density at radius 3 is 2.51 bits per heavy atom. The Hall–Kier alpha value is -1.85. The molecule has 0 aliphatic heterocycles. The van der Waals surface area contributed by atoms with Crippen molar-refractivity contribution in [2.45, 2.75) is 70.7 Å². The van der Waals surface area contributed by atoms with Crippen LogP contribution in [0.15, 0.2) is 40.9 Å². The first-order chi connectivity index (χ1) is 18.7. The molecule has 7 nitrogen and oxygen atoms in total. The molecule has 1 aliphatic rings. The summed E-state index contributed by atoms with van der Waals surface area (Å²) >= 11 is 3.47. The Labute approximate surface area is 242 Å². The third-order valence-corrected chi connectivity index (χ3v) is 13.9. The van der Waals surface area contributed by atoms with Gasteiger partial charge in [0.05, 0.1) is 18.0 Å². The fourth-order valence-corrected chi connectivity index (χ4v) is 9.38. The van der Waals surface area contributed by atoms with Crippen molar-refractivity contribution in [1.29, 1.82) is 0 Å². The molecular weight excluding hydrogens is 594 g/mol. The molecule has 0 unspecified atom stereocenters. The van der Waals surface area contributed by atoms with E-state index in [1.807, 2.05) is 18.2 Å². The van der Waals surface area contributed by atoms with Crippen molar-refractivity contribution in [2.75, 3.05) is 30.7 Å². The second-order valence-corrected chi connectivity index (χ2v) is 17.8. The summed E-state index contributed by atoms with van der Waals surface area (Å²) in [6.45, 7) is 8.47. The van der Waals surface area contributed by atoms with Gasteiger partial charge in [-0.25, -0.2) is 8.42 Å². The van der Waals surface area contributed by atoms with Gasteiger partial charge >= 0.3 is 0 Å². The molecular formula is C29H42BrN3O4SSi. The average Bonchev–Trinajstić information content (AvgIpc) is 3.29. The summed E-state index contributed by atoms with van der Waals surface area (Å²) < 4.78 is 40.1. The highest BCUT2D eigenvalue weighted by molar-refractivity contribution is 9.10. The third-order valence-electron chi connectivity index (χ3n) is 7.93. The van der Waals surface area contributed by atoms with Crippen LogP contribution in [0.5, 0.6) is 5.75 Å². The largest absolute Gasteiger partial charge is 0.492 e. The van der Waals surface area contributed by atoms with Gasteiger partial charge in [-0.05, 0) is 95.1 Å².